The molecule has 1 aliphatic carbocycles. The van der Waals surface area contributed by atoms with Crippen molar-refractivity contribution in [3.63, 3.8) is 0 Å². The summed E-state index contributed by atoms with van der Waals surface area (Å²) in [5.74, 6) is 1.69. The highest BCUT2D eigenvalue weighted by molar-refractivity contribution is 5.78. The van der Waals surface area contributed by atoms with E-state index in [-0.39, 0.29) is 5.91 Å². The first kappa shape index (κ1) is 16.1. The summed E-state index contributed by atoms with van der Waals surface area (Å²) in [6.45, 7) is 7.15. The largest absolute Gasteiger partial charge is 0.354 e. The van der Waals surface area contributed by atoms with Gasteiger partial charge in [0.2, 0.25) is 5.91 Å². The van der Waals surface area contributed by atoms with Crippen molar-refractivity contribution in [1.82, 2.24) is 15.1 Å². The number of benzene rings is 1. The van der Waals surface area contributed by atoms with Gasteiger partial charge in [-0.25, -0.2) is 0 Å². The van der Waals surface area contributed by atoms with Crippen molar-refractivity contribution in [1.29, 1.82) is 0 Å². The molecule has 0 radical (unpaired) electrons. The third kappa shape index (κ3) is 3.81. The lowest BCUT2D eigenvalue weighted by atomic mass is 9.71. The number of rotatable bonds is 5. The molecule has 2 saturated heterocycles. The smallest absolute Gasteiger partial charge is 0.234 e. The molecule has 130 valence electrons. The Morgan fingerprint density at radius 1 is 1.00 bits per heavy atom. The zero-order valence-electron chi connectivity index (χ0n) is 14.5. The van der Waals surface area contributed by atoms with Gasteiger partial charge in [0.1, 0.15) is 0 Å². The topological polar surface area (TPSA) is 35.6 Å². The van der Waals surface area contributed by atoms with Crippen LogP contribution < -0.4 is 5.32 Å². The van der Waals surface area contributed by atoms with Gasteiger partial charge in [-0.05, 0) is 61.7 Å². The van der Waals surface area contributed by atoms with E-state index in [1.807, 2.05) is 0 Å². The summed E-state index contributed by atoms with van der Waals surface area (Å²) in [5.41, 5.74) is 2.96. The van der Waals surface area contributed by atoms with Crippen molar-refractivity contribution < 1.29 is 4.79 Å². The van der Waals surface area contributed by atoms with Gasteiger partial charge in [0, 0.05) is 26.2 Å². The summed E-state index contributed by atoms with van der Waals surface area (Å²) in [6, 6.07) is 9.35. The number of amides is 1. The van der Waals surface area contributed by atoms with Crippen molar-refractivity contribution in [2.24, 2.45) is 5.92 Å². The van der Waals surface area contributed by atoms with Gasteiger partial charge < -0.3 is 5.32 Å². The van der Waals surface area contributed by atoms with Gasteiger partial charge in [0.05, 0.1) is 6.54 Å². The minimum atomic E-state index is 0.186. The molecule has 4 heteroatoms. The maximum absolute atomic E-state index is 11.4. The van der Waals surface area contributed by atoms with Crippen LogP contribution in [0.15, 0.2) is 24.3 Å². The highest BCUT2D eigenvalue weighted by Gasteiger charge is 2.32. The van der Waals surface area contributed by atoms with Crippen molar-refractivity contribution in [3.05, 3.63) is 35.4 Å². The van der Waals surface area contributed by atoms with Gasteiger partial charge in [0.15, 0.2) is 0 Å². The highest BCUT2D eigenvalue weighted by Crippen LogP contribution is 2.42. The first-order valence-electron chi connectivity index (χ1n) is 9.56. The lowest BCUT2D eigenvalue weighted by Crippen LogP contribution is -2.50. The van der Waals surface area contributed by atoms with E-state index in [0.29, 0.717) is 6.54 Å². The molecule has 4 rings (SSSR count). The van der Waals surface area contributed by atoms with Crippen LogP contribution in [0, 0.1) is 5.92 Å². The van der Waals surface area contributed by atoms with Crippen LogP contribution in [0.1, 0.15) is 42.7 Å². The predicted octanol–water partition coefficient (Wildman–Crippen LogP) is 2.21. The van der Waals surface area contributed by atoms with Gasteiger partial charge in [-0.3, -0.25) is 14.6 Å². The minimum Gasteiger partial charge on any atom is -0.354 e. The second kappa shape index (κ2) is 7.24. The number of carbonyl (C=O) groups excluding carboxylic acids is 1. The second-order valence-corrected chi connectivity index (χ2v) is 7.84. The van der Waals surface area contributed by atoms with Crippen LogP contribution in [-0.2, 0) is 11.3 Å². The average Bonchev–Trinajstić information content (AvgIpc) is 3.05. The van der Waals surface area contributed by atoms with E-state index in [9.17, 15) is 4.79 Å². The maximum Gasteiger partial charge on any atom is 0.234 e. The molecule has 1 amide bonds. The van der Waals surface area contributed by atoms with E-state index in [4.69, 9.17) is 0 Å². The second-order valence-electron chi connectivity index (χ2n) is 7.84. The third-order valence-corrected chi connectivity index (χ3v) is 5.93. The Bertz CT molecular complexity index is 559. The number of carbonyl (C=O) groups is 1. The molecule has 2 aliphatic heterocycles. The van der Waals surface area contributed by atoms with E-state index < -0.39 is 0 Å². The van der Waals surface area contributed by atoms with Gasteiger partial charge in [-0.2, -0.15) is 0 Å². The molecule has 0 spiro atoms. The number of piperazine rings is 1. The summed E-state index contributed by atoms with van der Waals surface area (Å²) in [6.07, 6.45) is 5.29. The summed E-state index contributed by atoms with van der Waals surface area (Å²) in [5, 5.41) is 2.90. The summed E-state index contributed by atoms with van der Waals surface area (Å²) >= 11 is 0. The zero-order valence-corrected chi connectivity index (χ0v) is 14.5. The van der Waals surface area contributed by atoms with Crippen LogP contribution in [0.2, 0.25) is 0 Å². The van der Waals surface area contributed by atoms with Crippen LogP contribution in [0.3, 0.4) is 0 Å². The first-order chi connectivity index (χ1) is 11.8. The Kier molecular flexibility index (Phi) is 4.86. The number of hydrogen-bond acceptors (Lipinski definition) is 3. The lowest BCUT2D eigenvalue weighted by molar-refractivity contribution is -0.124. The average molecular weight is 327 g/mol. The van der Waals surface area contributed by atoms with Gasteiger partial charge in [-0.15, -0.1) is 0 Å². The van der Waals surface area contributed by atoms with Crippen molar-refractivity contribution in [3.8, 4) is 0 Å². The molecule has 0 aromatic heterocycles. The van der Waals surface area contributed by atoms with Crippen LogP contribution in [-0.4, -0.2) is 55.0 Å². The number of nitrogens with zero attached hydrogens (tertiary/aromatic N) is 2. The molecule has 1 aromatic carbocycles. The van der Waals surface area contributed by atoms with Crippen LogP contribution in [0.5, 0.6) is 0 Å². The predicted molar refractivity (Wildman–Crippen MR) is 95.9 cm³/mol. The van der Waals surface area contributed by atoms with Crippen LogP contribution in [0.25, 0.3) is 0 Å². The molecule has 4 nitrogen and oxygen atoms in total. The summed E-state index contributed by atoms with van der Waals surface area (Å²) < 4.78 is 0. The van der Waals surface area contributed by atoms with E-state index in [1.165, 1.54) is 49.9 Å². The minimum absolute atomic E-state index is 0.186. The van der Waals surface area contributed by atoms with Gasteiger partial charge >= 0.3 is 0 Å². The highest BCUT2D eigenvalue weighted by atomic mass is 16.2. The Labute approximate surface area is 145 Å². The van der Waals surface area contributed by atoms with E-state index >= 15 is 0 Å². The standard InChI is InChI=1S/C20H29N3O/c24-20-15-23(10-7-21-20)14-17-11-19(12-17)18-5-3-16(4-6-18)13-22-8-1-2-9-22/h3-6,17,19H,1-2,7-15H2,(H,21,24). The molecule has 0 atom stereocenters. The fourth-order valence-electron chi connectivity index (χ4n) is 4.46. The maximum atomic E-state index is 11.4. The molecule has 0 bridgehead atoms. The molecule has 0 unspecified atom stereocenters. The molecule has 3 aliphatic rings. The fraction of sp³-hybridized carbons (Fsp3) is 0.650. The zero-order chi connectivity index (χ0) is 16.4. The molecule has 24 heavy (non-hydrogen) atoms. The Morgan fingerprint density at radius 2 is 1.75 bits per heavy atom. The van der Waals surface area contributed by atoms with Crippen molar-refractivity contribution in [2.75, 3.05) is 39.3 Å². The monoisotopic (exact) mass is 327 g/mol. The summed E-state index contributed by atoms with van der Waals surface area (Å²) in [7, 11) is 0. The van der Waals surface area contributed by atoms with E-state index in [1.54, 1.807) is 0 Å². The lowest BCUT2D eigenvalue weighted by Gasteiger charge is -2.39. The number of hydrogen-bond donors (Lipinski definition) is 1. The SMILES string of the molecule is O=C1CN(CC2CC(c3ccc(CN4CCCC4)cc3)C2)CCN1. The summed E-state index contributed by atoms with van der Waals surface area (Å²) in [4.78, 5) is 16.3. The Hall–Kier alpha value is -1.39. The van der Waals surface area contributed by atoms with Gasteiger partial charge in [0.25, 0.3) is 0 Å². The molecule has 1 saturated carbocycles. The fourth-order valence-corrected chi connectivity index (χ4v) is 4.46. The third-order valence-electron chi connectivity index (χ3n) is 5.93. The van der Waals surface area contributed by atoms with Crippen LogP contribution in [0.4, 0.5) is 0 Å². The molecule has 1 N–H and O–H groups in total. The Morgan fingerprint density at radius 3 is 2.46 bits per heavy atom. The molecule has 3 fully saturated rings. The quantitative estimate of drug-likeness (QED) is 0.901. The van der Waals surface area contributed by atoms with Crippen molar-refractivity contribution >= 4 is 5.91 Å². The van der Waals surface area contributed by atoms with Crippen LogP contribution >= 0.6 is 0 Å². The Balaban J connectivity index is 1.23. The molecule has 2 heterocycles. The van der Waals surface area contributed by atoms with E-state index in [2.05, 4.69) is 39.4 Å². The van der Waals surface area contributed by atoms with Gasteiger partial charge in [-0.1, -0.05) is 24.3 Å². The molecular formula is C20H29N3O. The molecule has 1 aromatic rings. The normalized spacial score (nSPS) is 28.6. The number of likely N-dealkylation sites (tertiary alicyclic amines) is 1. The number of nitrogens with one attached hydrogen (secondary N) is 1. The molecular weight excluding hydrogens is 298 g/mol. The van der Waals surface area contributed by atoms with E-state index in [0.717, 1.165) is 38.0 Å². The first-order valence-corrected chi connectivity index (χ1v) is 9.56. The van der Waals surface area contributed by atoms with Crippen molar-refractivity contribution in [2.45, 2.75) is 38.1 Å².